The van der Waals surface area contributed by atoms with Gasteiger partial charge in [-0.1, -0.05) is 18.2 Å². The van der Waals surface area contributed by atoms with E-state index in [1.54, 1.807) is 12.5 Å². The number of nitrogens with zero attached hydrogens (tertiary/aromatic N) is 2. The van der Waals surface area contributed by atoms with Crippen LogP contribution in [0.4, 0.5) is 0 Å². The van der Waals surface area contributed by atoms with E-state index in [2.05, 4.69) is 31.0 Å². The third kappa shape index (κ3) is 3.23. The molecular formula is C15H18N2O. The topological polar surface area (TPSA) is 27.1 Å². The Labute approximate surface area is 108 Å². The number of rotatable bonds is 5. The van der Waals surface area contributed by atoms with Gasteiger partial charge < -0.3 is 9.30 Å². The maximum atomic E-state index is 5.73. The van der Waals surface area contributed by atoms with Crippen LogP contribution in [-0.4, -0.2) is 16.2 Å². The molecule has 1 heterocycles. The first-order chi connectivity index (χ1) is 8.77. The van der Waals surface area contributed by atoms with Crippen LogP contribution in [0.25, 0.3) is 0 Å². The molecule has 0 N–H and O–H groups in total. The Morgan fingerprint density at radius 1 is 1.28 bits per heavy atom. The van der Waals surface area contributed by atoms with Crippen LogP contribution >= 0.6 is 0 Å². The van der Waals surface area contributed by atoms with Gasteiger partial charge in [0.05, 0.1) is 6.33 Å². The summed E-state index contributed by atoms with van der Waals surface area (Å²) in [4.78, 5) is 3.99. The monoisotopic (exact) mass is 242 g/mol. The summed E-state index contributed by atoms with van der Waals surface area (Å²) >= 11 is 0. The fourth-order valence-corrected chi connectivity index (χ4v) is 1.68. The van der Waals surface area contributed by atoms with Gasteiger partial charge in [0.2, 0.25) is 0 Å². The molecule has 1 aromatic carbocycles. The Hall–Kier alpha value is -2.03. The summed E-state index contributed by atoms with van der Waals surface area (Å²) in [5.41, 5.74) is 2.47. The minimum atomic E-state index is 0.596. The van der Waals surface area contributed by atoms with Crippen LogP contribution < -0.4 is 4.74 Å². The predicted molar refractivity (Wildman–Crippen MR) is 72.8 cm³/mol. The number of hydrogen-bond donors (Lipinski definition) is 0. The van der Waals surface area contributed by atoms with E-state index >= 15 is 0 Å². The standard InChI is InChI=1S/C15H18N2O/c1-13-6-5-7-15(14(13)2)18-11-4-3-9-17-10-8-16-12-17/h3-8,10,12H,9,11H2,1-2H3/b4-3+. The van der Waals surface area contributed by atoms with Crippen LogP contribution in [-0.2, 0) is 6.54 Å². The van der Waals surface area contributed by atoms with E-state index in [4.69, 9.17) is 4.74 Å². The van der Waals surface area contributed by atoms with Gasteiger partial charge in [0, 0.05) is 18.9 Å². The Kier molecular flexibility index (Phi) is 4.18. The lowest BCUT2D eigenvalue weighted by atomic mass is 10.1. The molecule has 0 fully saturated rings. The summed E-state index contributed by atoms with van der Waals surface area (Å²) in [5.74, 6) is 0.960. The van der Waals surface area contributed by atoms with Crippen LogP contribution in [0.3, 0.4) is 0 Å². The summed E-state index contributed by atoms with van der Waals surface area (Å²) in [6.07, 6.45) is 9.63. The van der Waals surface area contributed by atoms with Gasteiger partial charge in [-0.25, -0.2) is 4.98 Å². The number of ether oxygens (including phenoxy) is 1. The molecular weight excluding hydrogens is 224 g/mol. The molecule has 0 bridgehead atoms. The van der Waals surface area contributed by atoms with Gasteiger partial charge in [-0.3, -0.25) is 0 Å². The van der Waals surface area contributed by atoms with Crippen molar-refractivity contribution in [2.45, 2.75) is 20.4 Å². The fourth-order valence-electron chi connectivity index (χ4n) is 1.68. The van der Waals surface area contributed by atoms with Crippen molar-refractivity contribution in [2.24, 2.45) is 0 Å². The average Bonchev–Trinajstić information content (AvgIpc) is 2.87. The van der Waals surface area contributed by atoms with E-state index in [1.165, 1.54) is 11.1 Å². The molecule has 94 valence electrons. The summed E-state index contributed by atoms with van der Waals surface area (Å²) in [7, 11) is 0. The van der Waals surface area contributed by atoms with E-state index in [0.29, 0.717) is 6.61 Å². The third-order valence-corrected chi connectivity index (χ3v) is 2.93. The summed E-state index contributed by atoms with van der Waals surface area (Å²) < 4.78 is 7.73. The number of aromatic nitrogens is 2. The van der Waals surface area contributed by atoms with Gasteiger partial charge in [-0.15, -0.1) is 0 Å². The van der Waals surface area contributed by atoms with Crippen LogP contribution in [0, 0.1) is 13.8 Å². The van der Waals surface area contributed by atoms with Crippen molar-refractivity contribution < 1.29 is 4.74 Å². The second kappa shape index (κ2) is 6.05. The Bertz CT molecular complexity index is 515. The van der Waals surface area contributed by atoms with Crippen LogP contribution in [0.5, 0.6) is 5.75 Å². The van der Waals surface area contributed by atoms with Gasteiger partial charge in [0.25, 0.3) is 0 Å². The van der Waals surface area contributed by atoms with E-state index in [-0.39, 0.29) is 0 Å². The molecule has 18 heavy (non-hydrogen) atoms. The minimum Gasteiger partial charge on any atom is -0.489 e. The van der Waals surface area contributed by atoms with E-state index in [0.717, 1.165) is 12.3 Å². The van der Waals surface area contributed by atoms with Crippen molar-refractivity contribution >= 4 is 0 Å². The van der Waals surface area contributed by atoms with E-state index < -0.39 is 0 Å². The van der Waals surface area contributed by atoms with Gasteiger partial charge >= 0.3 is 0 Å². The van der Waals surface area contributed by atoms with Gasteiger partial charge in [0.15, 0.2) is 0 Å². The maximum Gasteiger partial charge on any atom is 0.122 e. The number of aryl methyl sites for hydroxylation is 1. The quantitative estimate of drug-likeness (QED) is 0.753. The lowest BCUT2D eigenvalue weighted by Crippen LogP contribution is -1.97. The first-order valence-corrected chi connectivity index (χ1v) is 6.07. The molecule has 0 aliphatic rings. The van der Waals surface area contributed by atoms with Crippen molar-refractivity contribution in [3.8, 4) is 5.75 Å². The highest BCUT2D eigenvalue weighted by atomic mass is 16.5. The molecule has 3 nitrogen and oxygen atoms in total. The number of imidazole rings is 1. The lowest BCUT2D eigenvalue weighted by molar-refractivity contribution is 0.359. The maximum absolute atomic E-state index is 5.73. The van der Waals surface area contributed by atoms with Crippen molar-refractivity contribution in [3.63, 3.8) is 0 Å². The summed E-state index contributed by atoms with van der Waals surface area (Å²) in [6.45, 7) is 5.60. The zero-order chi connectivity index (χ0) is 12.8. The van der Waals surface area contributed by atoms with E-state index in [9.17, 15) is 0 Å². The second-order valence-corrected chi connectivity index (χ2v) is 4.24. The number of hydrogen-bond acceptors (Lipinski definition) is 2. The number of allylic oxidation sites excluding steroid dienone is 1. The third-order valence-electron chi connectivity index (χ3n) is 2.93. The van der Waals surface area contributed by atoms with Crippen LogP contribution in [0.1, 0.15) is 11.1 Å². The van der Waals surface area contributed by atoms with Crippen molar-refractivity contribution in [2.75, 3.05) is 6.61 Å². The molecule has 0 amide bonds. The number of benzene rings is 1. The Balaban J connectivity index is 1.81. The molecule has 0 atom stereocenters. The molecule has 0 saturated carbocycles. The van der Waals surface area contributed by atoms with Gasteiger partial charge in [-0.05, 0) is 37.1 Å². The molecule has 2 rings (SSSR count). The van der Waals surface area contributed by atoms with Crippen LogP contribution in [0.2, 0.25) is 0 Å². The van der Waals surface area contributed by atoms with Gasteiger partial charge in [-0.2, -0.15) is 0 Å². The molecule has 0 spiro atoms. The first-order valence-electron chi connectivity index (χ1n) is 6.07. The zero-order valence-corrected chi connectivity index (χ0v) is 10.8. The van der Waals surface area contributed by atoms with Crippen molar-refractivity contribution in [1.82, 2.24) is 9.55 Å². The minimum absolute atomic E-state index is 0.596. The molecule has 0 saturated heterocycles. The van der Waals surface area contributed by atoms with E-state index in [1.807, 2.05) is 29.0 Å². The summed E-state index contributed by atoms with van der Waals surface area (Å²) in [6, 6.07) is 6.12. The highest BCUT2D eigenvalue weighted by Gasteiger charge is 1.99. The molecule has 3 heteroatoms. The predicted octanol–water partition coefficient (Wildman–Crippen LogP) is 3.14. The smallest absolute Gasteiger partial charge is 0.122 e. The molecule has 1 aromatic heterocycles. The molecule has 0 aliphatic heterocycles. The van der Waals surface area contributed by atoms with Crippen molar-refractivity contribution in [3.05, 3.63) is 60.2 Å². The van der Waals surface area contributed by atoms with Crippen molar-refractivity contribution in [1.29, 1.82) is 0 Å². The molecule has 0 aliphatic carbocycles. The SMILES string of the molecule is Cc1cccc(OC/C=C/Cn2ccnc2)c1C. The first kappa shape index (κ1) is 12.4. The second-order valence-electron chi connectivity index (χ2n) is 4.24. The Morgan fingerprint density at radius 3 is 2.94 bits per heavy atom. The molecule has 0 unspecified atom stereocenters. The largest absolute Gasteiger partial charge is 0.489 e. The highest BCUT2D eigenvalue weighted by Crippen LogP contribution is 2.20. The fraction of sp³-hybridized carbons (Fsp3) is 0.267. The van der Waals surface area contributed by atoms with Crippen LogP contribution in [0.15, 0.2) is 49.1 Å². The highest BCUT2D eigenvalue weighted by molar-refractivity contribution is 5.38. The molecule has 2 aromatic rings. The normalized spacial score (nSPS) is 11.0. The lowest BCUT2D eigenvalue weighted by Gasteiger charge is -2.08. The summed E-state index contributed by atoms with van der Waals surface area (Å²) in [5, 5.41) is 0. The average molecular weight is 242 g/mol. The van der Waals surface area contributed by atoms with Gasteiger partial charge in [0.1, 0.15) is 12.4 Å². The molecule has 0 radical (unpaired) electrons. The zero-order valence-electron chi connectivity index (χ0n) is 10.8. The Morgan fingerprint density at radius 2 is 2.17 bits per heavy atom.